The molecule has 1 saturated heterocycles. The number of hydrogen-bond donors (Lipinski definition) is 0. The van der Waals surface area contributed by atoms with Gasteiger partial charge in [-0.25, -0.2) is 8.42 Å². The molecule has 2 aromatic carbocycles. The fourth-order valence-electron chi connectivity index (χ4n) is 5.46. The summed E-state index contributed by atoms with van der Waals surface area (Å²) in [6.07, 6.45) is 0.893. The predicted molar refractivity (Wildman–Crippen MR) is 136 cm³/mol. The molecule has 0 N–H and O–H groups in total. The molecule has 0 unspecified atom stereocenters. The minimum atomic E-state index is -3.62. The highest BCUT2D eigenvalue weighted by Crippen LogP contribution is 2.38. The summed E-state index contributed by atoms with van der Waals surface area (Å²) in [6.45, 7) is 2.07. The number of aromatic nitrogens is 1. The van der Waals surface area contributed by atoms with Crippen molar-refractivity contribution in [2.45, 2.75) is 30.3 Å². The summed E-state index contributed by atoms with van der Waals surface area (Å²) in [4.78, 5) is 16.0. The molecule has 2 bridgehead atoms. The number of fused-ring (bicyclic) bond motifs is 4. The van der Waals surface area contributed by atoms with Crippen molar-refractivity contribution in [1.82, 2.24) is 13.8 Å². The van der Waals surface area contributed by atoms with Crippen molar-refractivity contribution < 1.29 is 13.2 Å². The highest BCUT2D eigenvalue weighted by atomic mass is 32.2. The minimum absolute atomic E-state index is 0.00528. The van der Waals surface area contributed by atoms with Gasteiger partial charge in [0.05, 0.1) is 12.0 Å². The van der Waals surface area contributed by atoms with Crippen molar-refractivity contribution in [2.24, 2.45) is 5.92 Å². The normalized spacial score (nSPS) is 20.0. The second-order valence-corrected chi connectivity index (χ2v) is 11.7. The fraction of sp³-hybridized carbons (Fsp3) is 0.370. The van der Waals surface area contributed by atoms with E-state index >= 15 is 0 Å². The van der Waals surface area contributed by atoms with Gasteiger partial charge in [-0.05, 0) is 74.0 Å². The third kappa shape index (κ3) is 4.42. The van der Waals surface area contributed by atoms with Crippen LogP contribution in [0.1, 0.15) is 23.6 Å². The number of pyridine rings is 1. The van der Waals surface area contributed by atoms with Crippen molar-refractivity contribution in [3.05, 3.63) is 82.3 Å². The number of sulfonamides is 1. The maximum atomic E-state index is 13.6. The number of ether oxygens (including phenoxy) is 1. The van der Waals surface area contributed by atoms with Crippen molar-refractivity contribution in [3.8, 4) is 16.9 Å². The molecule has 1 aromatic heterocycles. The molecular weight excluding hydrogens is 462 g/mol. The van der Waals surface area contributed by atoms with Crippen LogP contribution in [0.5, 0.6) is 5.75 Å². The van der Waals surface area contributed by atoms with Gasteiger partial charge < -0.3 is 14.2 Å². The Balaban J connectivity index is 1.47. The van der Waals surface area contributed by atoms with Gasteiger partial charge in [-0.3, -0.25) is 4.79 Å². The molecule has 1 fully saturated rings. The third-order valence-corrected chi connectivity index (χ3v) is 8.91. The van der Waals surface area contributed by atoms with Crippen LogP contribution >= 0.6 is 0 Å². The molecule has 2 aliphatic rings. The summed E-state index contributed by atoms with van der Waals surface area (Å²) in [5, 5.41) is 0. The first-order valence-corrected chi connectivity index (χ1v) is 13.3. The van der Waals surface area contributed by atoms with Crippen LogP contribution < -0.4 is 10.3 Å². The average molecular weight is 494 g/mol. The monoisotopic (exact) mass is 493 g/mol. The fourth-order valence-corrected chi connectivity index (χ4v) is 7.02. The van der Waals surface area contributed by atoms with Crippen molar-refractivity contribution in [2.75, 3.05) is 34.3 Å². The maximum absolute atomic E-state index is 13.6. The van der Waals surface area contributed by atoms with Gasteiger partial charge in [0.15, 0.2) is 0 Å². The average Bonchev–Trinajstić information content (AvgIpc) is 2.85. The Labute approximate surface area is 206 Å². The van der Waals surface area contributed by atoms with Gasteiger partial charge in [0.25, 0.3) is 5.56 Å². The Morgan fingerprint density at radius 2 is 1.69 bits per heavy atom. The zero-order valence-corrected chi connectivity index (χ0v) is 21.2. The van der Waals surface area contributed by atoms with Crippen LogP contribution in [-0.4, -0.2) is 56.5 Å². The lowest BCUT2D eigenvalue weighted by atomic mass is 9.83. The first-order valence-electron chi connectivity index (χ1n) is 11.9. The molecule has 3 heterocycles. The summed E-state index contributed by atoms with van der Waals surface area (Å²) in [5.74, 6) is 0.712. The van der Waals surface area contributed by atoms with Gasteiger partial charge in [-0.1, -0.05) is 24.3 Å². The standard InChI is InChI=1S/C27H31N3O4S/c1-28(2)17-20-6-4-5-7-24(20)25-12-13-26-21-14-19(16-30(26)27(25)31)15-29(18-21)35(32,33)23-10-8-22(34-3)9-11-23/h4-13,19,21H,14-18H2,1-3H3/t19-,21+/m0/s1. The molecule has 0 radical (unpaired) electrons. The van der Waals surface area contributed by atoms with Crippen molar-refractivity contribution in [1.29, 1.82) is 0 Å². The number of benzene rings is 2. The Morgan fingerprint density at radius 1 is 0.943 bits per heavy atom. The molecule has 0 aliphatic carbocycles. The van der Waals surface area contributed by atoms with E-state index in [4.69, 9.17) is 4.74 Å². The molecule has 5 rings (SSSR count). The molecular formula is C27H31N3O4S. The SMILES string of the molecule is COc1ccc(S(=O)(=O)N2C[C@@H]3C[C@H](C2)c2ccc(-c4ccccc4CN(C)C)c(=O)n2C3)cc1. The molecule has 2 aliphatic heterocycles. The quantitative estimate of drug-likeness (QED) is 0.526. The molecule has 2 atom stereocenters. The highest BCUT2D eigenvalue weighted by molar-refractivity contribution is 7.89. The second kappa shape index (κ2) is 9.26. The smallest absolute Gasteiger partial charge is 0.258 e. The van der Waals surface area contributed by atoms with E-state index in [-0.39, 0.29) is 22.3 Å². The Hall–Kier alpha value is -2.94. The van der Waals surface area contributed by atoms with Gasteiger partial charge in [-0.15, -0.1) is 0 Å². The molecule has 3 aromatic rings. The van der Waals surface area contributed by atoms with E-state index in [2.05, 4.69) is 11.0 Å². The van der Waals surface area contributed by atoms with E-state index in [0.717, 1.165) is 29.8 Å². The highest BCUT2D eigenvalue weighted by Gasteiger charge is 2.39. The topological polar surface area (TPSA) is 71.9 Å². The van der Waals surface area contributed by atoms with E-state index in [9.17, 15) is 13.2 Å². The number of methoxy groups -OCH3 is 1. The van der Waals surface area contributed by atoms with Gasteiger partial charge in [0.2, 0.25) is 10.0 Å². The van der Waals surface area contributed by atoms with Crippen LogP contribution in [0.4, 0.5) is 0 Å². The van der Waals surface area contributed by atoms with Crippen LogP contribution in [-0.2, 0) is 23.1 Å². The van der Waals surface area contributed by atoms with Crippen molar-refractivity contribution >= 4 is 10.0 Å². The zero-order valence-electron chi connectivity index (χ0n) is 20.3. The lowest BCUT2D eigenvalue weighted by Crippen LogP contribution is -2.49. The van der Waals surface area contributed by atoms with E-state index in [1.54, 1.807) is 35.7 Å². The molecule has 0 amide bonds. The van der Waals surface area contributed by atoms with E-state index in [1.807, 2.05) is 49.0 Å². The zero-order chi connectivity index (χ0) is 24.7. The molecule has 7 nitrogen and oxygen atoms in total. The third-order valence-electron chi connectivity index (χ3n) is 7.06. The van der Waals surface area contributed by atoms with Gasteiger partial charge >= 0.3 is 0 Å². The Morgan fingerprint density at radius 3 is 2.40 bits per heavy atom. The van der Waals surface area contributed by atoms with E-state index in [1.165, 1.54) is 0 Å². The number of piperidine rings is 1. The van der Waals surface area contributed by atoms with Crippen LogP contribution in [0.3, 0.4) is 0 Å². The lowest BCUT2D eigenvalue weighted by Gasteiger charge is -2.42. The number of rotatable bonds is 6. The summed E-state index contributed by atoms with van der Waals surface area (Å²) in [7, 11) is 1.97. The molecule has 35 heavy (non-hydrogen) atoms. The Bertz CT molecular complexity index is 1400. The Kier molecular flexibility index (Phi) is 6.29. The summed E-state index contributed by atoms with van der Waals surface area (Å²) in [5.41, 5.74) is 3.71. The summed E-state index contributed by atoms with van der Waals surface area (Å²) < 4.78 is 35.4. The summed E-state index contributed by atoms with van der Waals surface area (Å²) in [6, 6.07) is 18.5. The van der Waals surface area contributed by atoms with E-state index in [0.29, 0.717) is 30.9 Å². The van der Waals surface area contributed by atoms with Gasteiger partial charge in [0, 0.05) is 43.4 Å². The maximum Gasteiger partial charge on any atom is 0.258 e. The molecule has 184 valence electrons. The number of nitrogens with zero attached hydrogens (tertiary/aromatic N) is 3. The first kappa shape index (κ1) is 23.8. The lowest BCUT2D eigenvalue weighted by molar-refractivity contribution is 0.186. The van der Waals surface area contributed by atoms with E-state index < -0.39 is 10.0 Å². The van der Waals surface area contributed by atoms with Crippen LogP contribution in [0.25, 0.3) is 11.1 Å². The van der Waals surface area contributed by atoms with Crippen LogP contribution in [0.15, 0.2) is 70.4 Å². The number of hydrogen-bond acceptors (Lipinski definition) is 5. The molecule has 0 spiro atoms. The first-order chi connectivity index (χ1) is 16.8. The molecule has 0 saturated carbocycles. The van der Waals surface area contributed by atoms with Crippen molar-refractivity contribution in [3.63, 3.8) is 0 Å². The minimum Gasteiger partial charge on any atom is -0.497 e. The van der Waals surface area contributed by atoms with Gasteiger partial charge in [0.1, 0.15) is 5.75 Å². The second-order valence-electron chi connectivity index (χ2n) is 9.78. The molecule has 8 heteroatoms. The van der Waals surface area contributed by atoms with Gasteiger partial charge in [-0.2, -0.15) is 4.31 Å². The summed E-state index contributed by atoms with van der Waals surface area (Å²) >= 11 is 0. The van der Waals surface area contributed by atoms with Crippen LogP contribution in [0, 0.1) is 5.92 Å². The van der Waals surface area contributed by atoms with Crippen LogP contribution in [0.2, 0.25) is 0 Å². The largest absolute Gasteiger partial charge is 0.497 e. The predicted octanol–water partition coefficient (Wildman–Crippen LogP) is 3.39.